The van der Waals surface area contributed by atoms with Crippen LogP contribution in [0.25, 0.3) is 6.08 Å². The minimum atomic E-state index is -1.44. The molecule has 0 spiro atoms. The normalized spacial score (nSPS) is 18.7. The van der Waals surface area contributed by atoms with E-state index < -0.39 is 8.24 Å². The van der Waals surface area contributed by atoms with Gasteiger partial charge in [-0.1, -0.05) is 75.7 Å². The zero-order chi connectivity index (χ0) is 14.2. The van der Waals surface area contributed by atoms with Crippen LogP contribution in [0.4, 0.5) is 0 Å². The standard InChI is InChI=1S/C15H25NSi3/c1-17(2)16(18(3)4)19(5,6)15-12-11-13-9-7-8-10-14(13)15/h7-12,15H,1-6H3. The summed E-state index contributed by atoms with van der Waals surface area (Å²) in [5.74, 6) is 0. The largest absolute Gasteiger partial charge is 0.370 e. The lowest BCUT2D eigenvalue weighted by Crippen LogP contribution is -2.62. The van der Waals surface area contributed by atoms with Crippen molar-refractivity contribution in [2.24, 2.45) is 0 Å². The van der Waals surface area contributed by atoms with E-state index in [1.165, 1.54) is 5.56 Å². The summed E-state index contributed by atoms with van der Waals surface area (Å²) in [6.45, 7) is 15.0. The summed E-state index contributed by atoms with van der Waals surface area (Å²) in [4.78, 5) is 0. The average molecular weight is 304 g/mol. The van der Waals surface area contributed by atoms with Gasteiger partial charge in [0.15, 0.2) is 0 Å². The summed E-state index contributed by atoms with van der Waals surface area (Å²) < 4.78 is 2.97. The fourth-order valence-electron chi connectivity index (χ4n) is 3.60. The van der Waals surface area contributed by atoms with Crippen LogP contribution in [-0.4, -0.2) is 30.0 Å². The van der Waals surface area contributed by atoms with Gasteiger partial charge in [-0.15, -0.1) is 0 Å². The van der Waals surface area contributed by atoms with Gasteiger partial charge in [-0.05, 0) is 11.1 Å². The monoisotopic (exact) mass is 303 g/mol. The zero-order valence-corrected chi connectivity index (χ0v) is 16.0. The fourth-order valence-corrected chi connectivity index (χ4v) is 19.1. The van der Waals surface area contributed by atoms with Gasteiger partial charge in [-0.3, -0.25) is 0 Å². The Labute approximate surface area is 122 Å². The van der Waals surface area contributed by atoms with Gasteiger partial charge >= 0.3 is 0 Å². The molecule has 0 aromatic heterocycles. The van der Waals surface area contributed by atoms with Crippen LogP contribution >= 0.6 is 0 Å². The van der Waals surface area contributed by atoms with Gasteiger partial charge in [0.25, 0.3) is 0 Å². The second kappa shape index (κ2) is 5.52. The molecule has 4 heteroatoms. The molecule has 0 fully saturated rings. The van der Waals surface area contributed by atoms with Crippen molar-refractivity contribution in [1.29, 1.82) is 0 Å². The van der Waals surface area contributed by atoms with Crippen molar-refractivity contribution < 1.29 is 0 Å². The smallest absolute Gasteiger partial charge is 0.120 e. The lowest BCUT2D eigenvalue weighted by Gasteiger charge is -2.46. The van der Waals surface area contributed by atoms with Crippen LogP contribution in [0.2, 0.25) is 39.3 Å². The molecular formula is C15H25NSi3. The Morgan fingerprint density at radius 2 is 1.58 bits per heavy atom. The van der Waals surface area contributed by atoms with Crippen molar-refractivity contribution in [3.05, 3.63) is 41.5 Å². The molecule has 0 N–H and O–H groups in total. The van der Waals surface area contributed by atoms with Gasteiger partial charge in [0.2, 0.25) is 0 Å². The molecule has 1 aromatic rings. The molecule has 0 heterocycles. The third-order valence-corrected chi connectivity index (χ3v) is 17.8. The van der Waals surface area contributed by atoms with Crippen molar-refractivity contribution in [1.82, 2.24) is 3.90 Å². The lowest BCUT2D eigenvalue weighted by molar-refractivity contribution is 0.902. The average Bonchev–Trinajstić information content (AvgIpc) is 2.71. The van der Waals surface area contributed by atoms with E-state index in [0.29, 0.717) is 5.54 Å². The van der Waals surface area contributed by atoms with Crippen LogP contribution in [0, 0.1) is 0 Å². The minimum Gasteiger partial charge on any atom is -0.370 e. The lowest BCUT2D eigenvalue weighted by atomic mass is 10.1. The Balaban J connectivity index is 2.38. The van der Waals surface area contributed by atoms with Crippen LogP contribution in [0.5, 0.6) is 0 Å². The van der Waals surface area contributed by atoms with Crippen molar-refractivity contribution >= 4 is 32.2 Å². The number of allylic oxidation sites excluding steroid dienone is 1. The highest BCUT2D eigenvalue weighted by Gasteiger charge is 2.42. The number of hydrogen-bond donors (Lipinski definition) is 0. The number of nitrogens with zero attached hydrogens (tertiary/aromatic N) is 1. The summed E-state index contributed by atoms with van der Waals surface area (Å²) in [6, 6.07) is 8.94. The highest BCUT2D eigenvalue weighted by atomic mass is 28.4. The van der Waals surface area contributed by atoms with E-state index in [2.05, 4.69) is 79.6 Å². The first-order valence-corrected chi connectivity index (χ1v) is 14.9. The molecule has 0 bridgehead atoms. The Morgan fingerprint density at radius 1 is 1.00 bits per heavy atom. The van der Waals surface area contributed by atoms with E-state index in [-0.39, 0.29) is 17.9 Å². The van der Waals surface area contributed by atoms with Gasteiger partial charge in [-0.25, -0.2) is 0 Å². The second-order valence-corrected chi connectivity index (χ2v) is 16.8. The number of benzene rings is 1. The molecule has 0 amide bonds. The van der Waals surface area contributed by atoms with Gasteiger partial charge in [0, 0.05) is 5.54 Å². The molecule has 19 heavy (non-hydrogen) atoms. The topological polar surface area (TPSA) is 3.24 Å². The van der Waals surface area contributed by atoms with Gasteiger partial charge in [-0.2, -0.15) is 0 Å². The first-order valence-electron chi connectivity index (χ1n) is 7.03. The molecular weight excluding hydrogens is 278 g/mol. The molecule has 1 aromatic carbocycles. The summed E-state index contributed by atoms with van der Waals surface area (Å²) in [5, 5.41) is 0. The summed E-state index contributed by atoms with van der Waals surface area (Å²) in [5.41, 5.74) is 3.68. The summed E-state index contributed by atoms with van der Waals surface area (Å²) in [6.07, 6.45) is 4.81. The van der Waals surface area contributed by atoms with Gasteiger partial charge in [0.05, 0.1) is 0 Å². The number of fused-ring (bicyclic) bond motifs is 1. The Bertz CT molecular complexity index is 472. The third kappa shape index (κ3) is 2.72. The van der Waals surface area contributed by atoms with Crippen LogP contribution in [-0.2, 0) is 0 Å². The van der Waals surface area contributed by atoms with Crippen LogP contribution in [0.3, 0.4) is 0 Å². The van der Waals surface area contributed by atoms with E-state index in [4.69, 9.17) is 0 Å². The first kappa shape index (κ1) is 15.0. The highest BCUT2D eigenvalue weighted by Crippen LogP contribution is 2.39. The predicted octanol–water partition coefficient (Wildman–Crippen LogP) is 4.35. The maximum absolute atomic E-state index is 2.97. The zero-order valence-electron chi connectivity index (χ0n) is 13.0. The maximum atomic E-state index is 2.97. The molecule has 1 aliphatic rings. The molecule has 1 nitrogen and oxygen atoms in total. The number of rotatable bonds is 4. The van der Waals surface area contributed by atoms with E-state index in [1.807, 2.05) is 0 Å². The fraction of sp³-hybridized carbons (Fsp3) is 0.467. The van der Waals surface area contributed by atoms with E-state index >= 15 is 0 Å². The van der Waals surface area contributed by atoms with E-state index in [9.17, 15) is 0 Å². The van der Waals surface area contributed by atoms with Gasteiger partial charge < -0.3 is 3.90 Å². The second-order valence-electron chi connectivity index (χ2n) is 6.35. The van der Waals surface area contributed by atoms with Crippen LogP contribution < -0.4 is 0 Å². The Morgan fingerprint density at radius 3 is 2.16 bits per heavy atom. The number of hydrogen-bond acceptors (Lipinski definition) is 1. The van der Waals surface area contributed by atoms with E-state index in [1.54, 1.807) is 5.56 Å². The third-order valence-electron chi connectivity index (χ3n) is 4.03. The molecule has 1 unspecified atom stereocenters. The van der Waals surface area contributed by atoms with Crippen molar-refractivity contribution in [3.63, 3.8) is 0 Å². The van der Waals surface area contributed by atoms with Crippen molar-refractivity contribution in [2.45, 2.75) is 44.8 Å². The maximum Gasteiger partial charge on any atom is 0.120 e. The first-order chi connectivity index (χ1) is 8.85. The molecule has 0 saturated heterocycles. The minimum absolute atomic E-state index is 0.361. The molecule has 1 aliphatic carbocycles. The molecule has 2 radical (unpaired) electrons. The molecule has 1 atom stereocenters. The quantitative estimate of drug-likeness (QED) is 0.748. The van der Waals surface area contributed by atoms with Crippen molar-refractivity contribution in [2.75, 3.05) is 0 Å². The van der Waals surface area contributed by atoms with Crippen molar-refractivity contribution in [3.8, 4) is 0 Å². The SMILES string of the molecule is C[Si](C)N([Si](C)C)[Si](C)(C)C1C=Cc2ccccc21. The Hall–Kier alpha value is -0.429. The van der Waals surface area contributed by atoms with Crippen LogP contribution in [0.15, 0.2) is 30.3 Å². The van der Waals surface area contributed by atoms with Gasteiger partial charge in [0.1, 0.15) is 26.2 Å². The highest BCUT2D eigenvalue weighted by molar-refractivity contribution is 6.94. The molecule has 2 rings (SSSR count). The molecule has 0 saturated carbocycles. The Kier molecular flexibility index (Phi) is 4.35. The predicted molar refractivity (Wildman–Crippen MR) is 92.5 cm³/mol. The molecule has 102 valence electrons. The van der Waals surface area contributed by atoms with Crippen LogP contribution in [0.1, 0.15) is 16.7 Å². The van der Waals surface area contributed by atoms with E-state index in [0.717, 1.165) is 0 Å². The molecule has 0 aliphatic heterocycles. The summed E-state index contributed by atoms with van der Waals surface area (Å²) >= 11 is 0. The summed E-state index contributed by atoms with van der Waals surface area (Å²) in [7, 11) is -2.16.